The molecular weight excluding hydrogens is 180 g/mol. The number of hydrogen-bond donors (Lipinski definition) is 3. The second-order valence-electron chi connectivity index (χ2n) is 2.58. The van der Waals surface area contributed by atoms with Crippen LogP contribution in [0.25, 0.3) is 0 Å². The van der Waals surface area contributed by atoms with Gasteiger partial charge in [0.15, 0.2) is 4.08 Å². The normalized spacial score (nSPS) is 11.5. The predicted molar refractivity (Wildman–Crippen MR) is 52.5 cm³/mol. The Morgan fingerprint density at radius 1 is 1.45 bits per heavy atom. The minimum absolute atomic E-state index is 0.516. The highest BCUT2D eigenvalue weighted by atomic mass is 32.2. The predicted octanol–water partition coefficient (Wildman–Crippen LogP) is 2.21. The van der Waals surface area contributed by atoms with Crippen molar-refractivity contribution < 1.29 is 9.90 Å². The molecule has 0 atom stereocenters. The van der Waals surface area contributed by atoms with E-state index in [0.717, 1.165) is 19.3 Å². The van der Waals surface area contributed by atoms with E-state index in [0.29, 0.717) is 6.42 Å². The Balaban J connectivity index is 3.64. The summed E-state index contributed by atoms with van der Waals surface area (Å²) in [6.07, 6.45) is 3.51. The van der Waals surface area contributed by atoms with Gasteiger partial charge in [-0.2, -0.15) is 25.3 Å². The van der Waals surface area contributed by atoms with Crippen LogP contribution in [-0.2, 0) is 4.79 Å². The lowest BCUT2D eigenvalue weighted by atomic mass is 10.1. The van der Waals surface area contributed by atoms with Gasteiger partial charge in [-0.1, -0.05) is 26.2 Å². The second kappa shape index (κ2) is 4.93. The summed E-state index contributed by atoms with van der Waals surface area (Å²) < 4.78 is -1.14. The van der Waals surface area contributed by atoms with Gasteiger partial charge in [0, 0.05) is 0 Å². The van der Waals surface area contributed by atoms with Crippen molar-refractivity contribution in [3.8, 4) is 0 Å². The molecule has 0 aromatic rings. The molecule has 0 aliphatic rings. The van der Waals surface area contributed by atoms with Gasteiger partial charge in [0.2, 0.25) is 0 Å². The van der Waals surface area contributed by atoms with Gasteiger partial charge in [0.25, 0.3) is 0 Å². The molecule has 2 nitrogen and oxygen atoms in total. The molecule has 1 N–H and O–H groups in total. The molecule has 0 amide bonds. The van der Waals surface area contributed by atoms with E-state index in [-0.39, 0.29) is 0 Å². The van der Waals surface area contributed by atoms with E-state index in [1.807, 2.05) is 0 Å². The van der Waals surface area contributed by atoms with Gasteiger partial charge in [0.05, 0.1) is 0 Å². The molecule has 0 radical (unpaired) electrons. The maximum Gasteiger partial charge on any atom is 0.329 e. The summed E-state index contributed by atoms with van der Waals surface area (Å²) in [5, 5.41) is 8.59. The van der Waals surface area contributed by atoms with Gasteiger partial charge in [-0.25, -0.2) is 4.79 Å². The standard InChI is InChI=1S/C7H14O2S2/c1-2-3-4-5-7(10,11)6(8)9/h10-11H,2-5H2,1H3,(H,8,9). The second-order valence-corrected chi connectivity index (χ2v) is 4.46. The Morgan fingerprint density at radius 2 is 2.00 bits per heavy atom. The van der Waals surface area contributed by atoms with Gasteiger partial charge < -0.3 is 5.11 Å². The average molecular weight is 194 g/mol. The molecule has 0 aliphatic carbocycles. The maximum absolute atomic E-state index is 10.5. The smallest absolute Gasteiger partial charge is 0.329 e. The summed E-state index contributed by atoms with van der Waals surface area (Å²) in [5.74, 6) is -0.958. The molecule has 0 saturated carbocycles. The Bertz CT molecular complexity index is 134. The first-order chi connectivity index (χ1) is 5.00. The fourth-order valence-electron chi connectivity index (χ4n) is 0.728. The zero-order valence-corrected chi connectivity index (χ0v) is 8.37. The Labute approximate surface area is 78.2 Å². The van der Waals surface area contributed by atoms with Crippen LogP contribution in [0.15, 0.2) is 0 Å². The molecule has 0 rings (SSSR count). The zero-order valence-electron chi connectivity index (χ0n) is 6.58. The number of unbranched alkanes of at least 4 members (excludes halogenated alkanes) is 2. The van der Waals surface area contributed by atoms with Gasteiger partial charge in [-0.3, -0.25) is 0 Å². The van der Waals surface area contributed by atoms with Crippen molar-refractivity contribution in [1.29, 1.82) is 0 Å². The van der Waals surface area contributed by atoms with Crippen molar-refractivity contribution >= 4 is 31.2 Å². The van der Waals surface area contributed by atoms with Crippen molar-refractivity contribution in [3.05, 3.63) is 0 Å². The van der Waals surface area contributed by atoms with Crippen LogP contribution in [0.5, 0.6) is 0 Å². The Morgan fingerprint density at radius 3 is 2.36 bits per heavy atom. The summed E-state index contributed by atoms with van der Waals surface area (Å²) in [6, 6.07) is 0. The number of aliphatic carboxylic acids is 1. The fraction of sp³-hybridized carbons (Fsp3) is 0.857. The van der Waals surface area contributed by atoms with Gasteiger partial charge in [0.1, 0.15) is 0 Å². The van der Waals surface area contributed by atoms with Crippen molar-refractivity contribution in [2.45, 2.75) is 36.7 Å². The molecule has 0 spiro atoms. The summed E-state index contributed by atoms with van der Waals surface area (Å²) in [4.78, 5) is 10.5. The number of rotatable bonds is 5. The minimum atomic E-state index is -1.14. The summed E-state index contributed by atoms with van der Waals surface area (Å²) in [6.45, 7) is 2.07. The minimum Gasteiger partial charge on any atom is -0.480 e. The van der Waals surface area contributed by atoms with Crippen LogP contribution in [0, 0.1) is 0 Å². The Kier molecular flexibility index (Phi) is 5.01. The van der Waals surface area contributed by atoms with E-state index in [2.05, 4.69) is 32.2 Å². The topological polar surface area (TPSA) is 37.3 Å². The molecule has 0 saturated heterocycles. The van der Waals surface area contributed by atoms with Crippen molar-refractivity contribution in [2.75, 3.05) is 0 Å². The van der Waals surface area contributed by atoms with Crippen LogP contribution in [0.2, 0.25) is 0 Å². The molecule has 4 heteroatoms. The first-order valence-electron chi connectivity index (χ1n) is 3.69. The lowest BCUT2D eigenvalue weighted by Gasteiger charge is -2.15. The molecule has 0 unspecified atom stereocenters. The zero-order chi connectivity index (χ0) is 8.91. The van der Waals surface area contributed by atoms with Crippen LogP contribution in [0.3, 0.4) is 0 Å². The van der Waals surface area contributed by atoms with Gasteiger partial charge in [-0.05, 0) is 6.42 Å². The van der Waals surface area contributed by atoms with E-state index in [9.17, 15) is 4.79 Å². The molecule has 11 heavy (non-hydrogen) atoms. The third-order valence-electron chi connectivity index (χ3n) is 1.47. The van der Waals surface area contributed by atoms with Crippen LogP contribution in [0.1, 0.15) is 32.6 Å². The van der Waals surface area contributed by atoms with Crippen molar-refractivity contribution in [3.63, 3.8) is 0 Å². The summed E-state index contributed by atoms with van der Waals surface area (Å²) >= 11 is 7.84. The molecule has 0 fully saturated rings. The monoisotopic (exact) mass is 194 g/mol. The lowest BCUT2D eigenvalue weighted by Crippen LogP contribution is -2.25. The maximum atomic E-state index is 10.5. The van der Waals surface area contributed by atoms with Crippen LogP contribution >= 0.6 is 25.3 Å². The van der Waals surface area contributed by atoms with Crippen LogP contribution < -0.4 is 0 Å². The highest BCUT2D eigenvalue weighted by Gasteiger charge is 2.28. The van der Waals surface area contributed by atoms with Crippen LogP contribution in [-0.4, -0.2) is 15.2 Å². The molecular formula is C7H14O2S2. The highest BCUT2D eigenvalue weighted by molar-refractivity contribution is 8.01. The highest BCUT2D eigenvalue weighted by Crippen LogP contribution is 2.26. The largest absolute Gasteiger partial charge is 0.480 e. The van der Waals surface area contributed by atoms with Crippen LogP contribution in [0.4, 0.5) is 0 Å². The first kappa shape index (κ1) is 11.2. The first-order valence-corrected chi connectivity index (χ1v) is 4.58. The van der Waals surface area contributed by atoms with E-state index < -0.39 is 10.0 Å². The fourth-order valence-corrected chi connectivity index (χ4v) is 1.04. The van der Waals surface area contributed by atoms with Gasteiger partial charge in [-0.15, -0.1) is 0 Å². The van der Waals surface area contributed by atoms with Crippen molar-refractivity contribution in [1.82, 2.24) is 0 Å². The SMILES string of the molecule is CCCCCC(S)(S)C(=O)O. The van der Waals surface area contributed by atoms with E-state index in [4.69, 9.17) is 5.11 Å². The molecule has 0 bridgehead atoms. The summed E-state index contributed by atoms with van der Waals surface area (Å²) in [5.41, 5.74) is 0. The van der Waals surface area contributed by atoms with E-state index in [1.165, 1.54) is 0 Å². The third-order valence-corrected chi connectivity index (χ3v) is 2.30. The van der Waals surface area contributed by atoms with E-state index >= 15 is 0 Å². The number of carboxylic acid groups (broad SMARTS) is 1. The summed E-state index contributed by atoms with van der Waals surface area (Å²) in [7, 11) is 0. The number of carboxylic acids is 1. The van der Waals surface area contributed by atoms with Crippen molar-refractivity contribution in [2.24, 2.45) is 0 Å². The average Bonchev–Trinajstić information content (AvgIpc) is 1.88. The molecule has 0 heterocycles. The molecule has 0 aromatic heterocycles. The van der Waals surface area contributed by atoms with E-state index in [1.54, 1.807) is 0 Å². The van der Waals surface area contributed by atoms with Gasteiger partial charge >= 0.3 is 5.97 Å². The third kappa shape index (κ3) is 4.58. The quantitative estimate of drug-likeness (QED) is 0.356. The lowest BCUT2D eigenvalue weighted by molar-refractivity contribution is -0.137. The Hall–Kier alpha value is 0.170. The number of hydrogen-bond acceptors (Lipinski definition) is 3. The molecule has 0 aromatic carbocycles. The molecule has 66 valence electrons. The number of carbonyl (C=O) groups is 1. The molecule has 0 aliphatic heterocycles. The number of thiol groups is 2.